The van der Waals surface area contributed by atoms with Crippen LogP contribution < -0.4 is 10.1 Å². The van der Waals surface area contributed by atoms with E-state index < -0.39 is 0 Å². The first-order valence-electron chi connectivity index (χ1n) is 8.63. The lowest BCUT2D eigenvalue weighted by Crippen LogP contribution is -2.51. The lowest BCUT2D eigenvalue weighted by atomic mass is 10.2. The summed E-state index contributed by atoms with van der Waals surface area (Å²) in [5.74, 6) is -0.113. The number of hydrogen-bond donors (Lipinski definition) is 1. The average molecular weight is 337 g/mol. The molecule has 0 aliphatic carbocycles. The Kier molecular flexibility index (Phi) is 7.46. The Morgan fingerprint density at radius 1 is 1.29 bits per heavy atom. The minimum absolute atomic E-state index is 0.0214. The van der Waals surface area contributed by atoms with Crippen molar-refractivity contribution in [3.8, 4) is 5.75 Å². The summed E-state index contributed by atoms with van der Waals surface area (Å²) < 4.78 is 18.7. The number of ether oxygens (including phenoxy) is 1. The van der Waals surface area contributed by atoms with Gasteiger partial charge in [0.15, 0.2) is 11.6 Å². The second-order valence-corrected chi connectivity index (χ2v) is 6.37. The normalized spacial score (nSPS) is 17.5. The van der Waals surface area contributed by atoms with Crippen LogP contribution in [0.1, 0.15) is 19.8 Å². The first-order valence-corrected chi connectivity index (χ1v) is 8.63. The number of piperazine rings is 1. The number of carbonyl (C=O) groups excluding carboxylic acids is 1. The summed E-state index contributed by atoms with van der Waals surface area (Å²) in [4.78, 5) is 16.6. The van der Waals surface area contributed by atoms with Crippen molar-refractivity contribution in [1.29, 1.82) is 0 Å². The van der Waals surface area contributed by atoms with Crippen LogP contribution in [-0.4, -0.2) is 68.1 Å². The van der Waals surface area contributed by atoms with Gasteiger partial charge in [-0.1, -0.05) is 12.1 Å². The van der Waals surface area contributed by atoms with E-state index in [1.54, 1.807) is 18.2 Å². The molecule has 1 heterocycles. The Morgan fingerprint density at radius 3 is 2.71 bits per heavy atom. The maximum absolute atomic E-state index is 13.4. The number of para-hydroxylation sites is 1. The molecule has 0 radical (unpaired) electrons. The number of rotatable bonds is 8. The Bertz CT molecular complexity index is 519. The fraction of sp³-hybridized carbons (Fsp3) is 0.611. The highest BCUT2D eigenvalue weighted by Gasteiger charge is 2.19. The van der Waals surface area contributed by atoms with Crippen molar-refractivity contribution < 1.29 is 13.9 Å². The van der Waals surface area contributed by atoms with Gasteiger partial charge in [0.25, 0.3) is 0 Å². The van der Waals surface area contributed by atoms with Gasteiger partial charge in [-0.05, 0) is 32.5 Å². The molecule has 1 aromatic rings. The summed E-state index contributed by atoms with van der Waals surface area (Å²) in [6.07, 6.45) is 0.965. The van der Waals surface area contributed by atoms with Crippen molar-refractivity contribution in [2.45, 2.75) is 25.8 Å². The summed E-state index contributed by atoms with van der Waals surface area (Å²) in [5.41, 5.74) is 0. The minimum Gasteiger partial charge on any atom is -0.491 e. The highest BCUT2D eigenvalue weighted by Crippen LogP contribution is 2.15. The van der Waals surface area contributed by atoms with Crippen LogP contribution in [0, 0.1) is 5.82 Å². The molecule has 1 fully saturated rings. The van der Waals surface area contributed by atoms with Crippen molar-refractivity contribution in [3.05, 3.63) is 30.1 Å². The van der Waals surface area contributed by atoms with E-state index in [0.717, 1.165) is 26.2 Å². The van der Waals surface area contributed by atoms with E-state index in [1.165, 1.54) is 6.07 Å². The molecule has 24 heavy (non-hydrogen) atoms. The van der Waals surface area contributed by atoms with E-state index in [1.807, 2.05) is 0 Å². The number of nitrogens with zero attached hydrogens (tertiary/aromatic N) is 2. The van der Waals surface area contributed by atoms with Crippen molar-refractivity contribution >= 4 is 5.91 Å². The number of nitrogens with one attached hydrogen (secondary N) is 1. The molecule has 0 bridgehead atoms. The Morgan fingerprint density at radius 2 is 2.00 bits per heavy atom. The number of likely N-dealkylation sites (N-methyl/N-ethyl adjacent to an activating group) is 1. The third-order valence-electron chi connectivity index (χ3n) is 4.40. The highest BCUT2D eigenvalue weighted by atomic mass is 19.1. The van der Waals surface area contributed by atoms with Gasteiger partial charge >= 0.3 is 0 Å². The van der Waals surface area contributed by atoms with E-state index >= 15 is 0 Å². The molecule has 2 rings (SSSR count). The molecule has 1 aliphatic rings. The maximum Gasteiger partial charge on any atom is 0.220 e. The number of halogens is 1. The van der Waals surface area contributed by atoms with Gasteiger partial charge in [-0.15, -0.1) is 0 Å². The van der Waals surface area contributed by atoms with Crippen molar-refractivity contribution in [1.82, 2.24) is 15.1 Å². The van der Waals surface area contributed by atoms with Crippen LogP contribution in [0.25, 0.3) is 0 Å². The molecule has 0 aromatic heterocycles. The molecule has 1 atom stereocenters. The molecule has 1 amide bonds. The van der Waals surface area contributed by atoms with Crippen LogP contribution in [0.5, 0.6) is 5.75 Å². The fourth-order valence-corrected chi connectivity index (χ4v) is 2.72. The lowest BCUT2D eigenvalue weighted by molar-refractivity contribution is -0.121. The van der Waals surface area contributed by atoms with Gasteiger partial charge < -0.3 is 15.0 Å². The van der Waals surface area contributed by atoms with Crippen molar-refractivity contribution in [3.63, 3.8) is 0 Å². The quantitative estimate of drug-likeness (QED) is 0.734. The second kappa shape index (κ2) is 9.59. The molecule has 1 aromatic carbocycles. The number of carbonyl (C=O) groups is 1. The zero-order valence-corrected chi connectivity index (χ0v) is 14.6. The molecular weight excluding hydrogens is 309 g/mol. The molecule has 0 unspecified atom stereocenters. The Balaban J connectivity index is 1.57. The van der Waals surface area contributed by atoms with Crippen molar-refractivity contribution in [2.24, 2.45) is 0 Å². The molecular formula is C18H28FN3O2. The predicted molar refractivity (Wildman–Crippen MR) is 92.7 cm³/mol. The first kappa shape index (κ1) is 18.7. The molecule has 5 nitrogen and oxygen atoms in total. The van der Waals surface area contributed by atoms with Crippen LogP contribution in [0.3, 0.4) is 0 Å². The SMILES string of the molecule is C[C@@H](CNC(=O)CCCOc1ccccc1F)N1CCN(C)CC1. The van der Waals surface area contributed by atoms with Gasteiger partial charge in [-0.3, -0.25) is 9.69 Å². The molecule has 1 N–H and O–H groups in total. The predicted octanol–water partition coefficient (Wildman–Crippen LogP) is 1.74. The minimum atomic E-state index is -0.372. The maximum atomic E-state index is 13.4. The largest absolute Gasteiger partial charge is 0.491 e. The summed E-state index contributed by atoms with van der Waals surface area (Å²) in [6, 6.07) is 6.65. The monoisotopic (exact) mass is 337 g/mol. The Hall–Kier alpha value is -1.66. The van der Waals surface area contributed by atoms with Gasteiger partial charge in [0.1, 0.15) is 0 Å². The summed E-state index contributed by atoms with van der Waals surface area (Å²) in [7, 11) is 2.13. The van der Waals surface area contributed by atoms with Gasteiger partial charge in [0, 0.05) is 45.2 Å². The fourth-order valence-electron chi connectivity index (χ4n) is 2.72. The molecule has 1 aliphatic heterocycles. The Labute approximate surface area is 143 Å². The highest BCUT2D eigenvalue weighted by molar-refractivity contribution is 5.75. The van der Waals surface area contributed by atoms with Gasteiger partial charge in [0.2, 0.25) is 5.91 Å². The van der Waals surface area contributed by atoms with Crippen LogP contribution in [0.15, 0.2) is 24.3 Å². The van der Waals surface area contributed by atoms with E-state index in [-0.39, 0.29) is 17.5 Å². The van der Waals surface area contributed by atoms with E-state index in [9.17, 15) is 9.18 Å². The van der Waals surface area contributed by atoms with Crippen LogP contribution in [0.2, 0.25) is 0 Å². The first-order chi connectivity index (χ1) is 11.6. The number of benzene rings is 1. The lowest BCUT2D eigenvalue weighted by Gasteiger charge is -2.36. The van der Waals surface area contributed by atoms with E-state index in [4.69, 9.17) is 4.74 Å². The topological polar surface area (TPSA) is 44.8 Å². The van der Waals surface area contributed by atoms with Crippen LogP contribution in [-0.2, 0) is 4.79 Å². The summed E-state index contributed by atoms with van der Waals surface area (Å²) in [6.45, 7) is 7.39. The zero-order chi connectivity index (χ0) is 17.4. The number of amides is 1. The number of hydrogen-bond acceptors (Lipinski definition) is 4. The zero-order valence-electron chi connectivity index (χ0n) is 14.6. The third kappa shape index (κ3) is 6.09. The summed E-state index contributed by atoms with van der Waals surface area (Å²) in [5, 5.41) is 2.98. The van der Waals surface area contributed by atoms with Gasteiger partial charge in [0.05, 0.1) is 6.61 Å². The average Bonchev–Trinajstić information content (AvgIpc) is 2.58. The third-order valence-corrected chi connectivity index (χ3v) is 4.40. The van der Waals surface area contributed by atoms with Gasteiger partial charge in [-0.2, -0.15) is 0 Å². The standard InChI is InChI=1S/C18H28FN3O2/c1-15(22-11-9-21(2)10-12-22)14-20-18(23)8-5-13-24-17-7-4-3-6-16(17)19/h3-4,6-7,15H,5,8-14H2,1-2H3,(H,20,23)/t15-/m0/s1. The van der Waals surface area contributed by atoms with E-state index in [0.29, 0.717) is 32.0 Å². The molecule has 6 heteroatoms. The molecule has 0 spiro atoms. The van der Waals surface area contributed by atoms with Crippen molar-refractivity contribution in [2.75, 3.05) is 46.4 Å². The molecule has 0 saturated carbocycles. The smallest absolute Gasteiger partial charge is 0.220 e. The van der Waals surface area contributed by atoms with Gasteiger partial charge in [-0.25, -0.2) is 4.39 Å². The van der Waals surface area contributed by atoms with Crippen LogP contribution in [0.4, 0.5) is 4.39 Å². The summed E-state index contributed by atoms with van der Waals surface area (Å²) >= 11 is 0. The van der Waals surface area contributed by atoms with E-state index in [2.05, 4.69) is 29.1 Å². The molecule has 134 valence electrons. The second-order valence-electron chi connectivity index (χ2n) is 6.37. The molecule has 1 saturated heterocycles. The van der Waals surface area contributed by atoms with Crippen LogP contribution >= 0.6 is 0 Å².